The van der Waals surface area contributed by atoms with Gasteiger partial charge >= 0.3 is 11.9 Å². The van der Waals surface area contributed by atoms with Crippen LogP contribution in [0.25, 0.3) is 10.9 Å². The molecular weight excluding hydrogens is 590 g/mol. The van der Waals surface area contributed by atoms with Crippen molar-refractivity contribution in [3.63, 3.8) is 0 Å². The number of nitrogens with zero attached hydrogens (tertiary/aromatic N) is 1. The number of hydrogen-bond acceptors (Lipinski definition) is 9. The van der Waals surface area contributed by atoms with Crippen molar-refractivity contribution >= 4 is 46.1 Å². The van der Waals surface area contributed by atoms with Crippen LogP contribution in [0.15, 0.2) is 75.7 Å². The van der Waals surface area contributed by atoms with E-state index in [9.17, 15) is 19.2 Å². The predicted octanol–water partition coefficient (Wildman–Crippen LogP) is 3.95. The van der Waals surface area contributed by atoms with Crippen molar-refractivity contribution < 1.29 is 33.3 Å². The van der Waals surface area contributed by atoms with Crippen LogP contribution in [-0.2, 0) is 28.6 Å². The van der Waals surface area contributed by atoms with E-state index >= 15 is 0 Å². The van der Waals surface area contributed by atoms with Gasteiger partial charge in [-0.25, -0.2) is 4.79 Å². The molecule has 2 atom stereocenters. The number of nitrogens with one attached hydrogen (secondary N) is 2. The van der Waals surface area contributed by atoms with E-state index in [1.807, 2.05) is 6.07 Å². The lowest BCUT2D eigenvalue weighted by Gasteiger charge is -2.32. The molecule has 1 aromatic heterocycles. The van der Waals surface area contributed by atoms with Crippen LogP contribution in [0, 0.1) is 5.92 Å². The Labute approximate surface area is 259 Å². The smallest absolute Gasteiger partial charge is 0.336 e. The van der Waals surface area contributed by atoms with Gasteiger partial charge in [-0.05, 0) is 49.2 Å². The number of ether oxygens (including phenoxy) is 4. The number of halogens is 1. The van der Waals surface area contributed by atoms with Crippen LogP contribution in [0.5, 0.6) is 5.75 Å². The minimum Gasteiger partial charge on any atom is -0.494 e. The molecule has 4 rings (SSSR count). The Balaban J connectivity index is 1.30. The number of fused-ring (bicyclic) bond motifs is 1. The van der Waals surface area contributed by atoms with E-state index in [-0.39, 0.29) is 43.2 Å². The van der Waals surface area contributed by atoms with Crippen molar-refractivity contribution in [1.82, 2.24) is 10.3 Å². The molecule has 2 aromatic carbocycles. The van der Waals surface area contributed by atoms with Crippen molar-refractivity contribution in [1.29, 1.82) is 0 Å². The zero-order chi connectivity index (χ0) is 31.6. The second-order valence-electron chi connectivity index (χ2n) is 10.0. The van der Waals surface area contributed by atoms with Gasteiger partial charge in [-0.15, -0.1) is 0 Å². The number of rotatable bonds is 13. The molecule has 3 aromatic rings. The van der Waals surface area contributed by atoms with Gasteiger partial charge in [0.25, 0.3) is 0 Å². The third-order valence-electron chi connectivity index (χ3n) is 7.14. The first-order valence-electron chi connectivity index (χ1n) is 14.0. The summed E-state index contributed by atoms with van der Waals surface area (Å²) in [6, 6.07) is 15.5. The SMILES string of the molecule is COC(=O)C1=C(COCCNC(=O)CCCOc2ccc3[nH]c(=O)ccc3c2)N=C(C)C(C(=O)OC)C1c1ccccc1Cl. The highest BCUT2D eigenvalue weighted by Crippen LogP contribution is 2.42. The number of aromatic nitrogens is 1. The molecule has 0 aliphatic carbocycles. The number of esters is 2. The Morgan fingerprint density at radius 1 is 1.02 bits per heavy atom. The highest BCUT2D eigenvalue weighted by Gasteiger charge is 2.43. The average molecular weight is 624 g/mol. The predicted molar refractivity (Wildman–Crippen MR) is 165 cm³/mol. The summed E-state index contributed by atoms with van der Waals surface area (Å²) in [5.74, 6) is -2.40. The summed E-state index contributed by atoms with van der Waals surface area (Å²) < 4.78 is 21.6. The molecular formula is C32H34ClN3O8. The largest absolute Gasteiger partial charge is 0.494 e. The van der Waals surface area contributed by atoms with Crippen molar-refractivity contribution in [2.45, 2.75) is 25.7 Å². The fourth-order valence-electron chi connectivity index (χ4n) is 5.06. The van der Waals surface area contributed by atoms with Gasteiger partial charge in [0.05, 0.1) is 45.3 Å². The van der Waals surface area contributed by atoms with Gasteiger partial charge in [0, 0.05) is 46.6 Å². The highest BCUT2D eigenvalue weighted by atomic mass is 35.5. The number of pyridine rings is 1. The molecule has 1 amide bonds. The molecule has 2 unspecified atom stereocenters. The summed E-state index contributed by atoms with van der Waals surface area (Å²) in [5.41, 5.74) is 2.03. The van der Waals surface area contributed by atoms with Gasteiger partial charge in [-0.2, -0.15) is 0 Å². The summed E-state index contributed by atoms with van der Waals surface area (Å²) in [7, 11) is 2.53. The number of H-pyrrole nitrogens is 1. The minimum absolute atomic E-state index is 0.0556. The number of carbonyl (C=O) groups is 3. The second-order valence-corrected chi connectivity index (χ2v) is 10.4. The van der Waals surface area contributed by atoms with E-state index in [4.69, 9.17) is 30.5 Å². The van der Waals surface area contributed by atoms with Gasteiger partial charge in [0.1, 0.15) is 11.7 Å². The number of hydrogen-bond donors (Lipinski definition) is 2. The maximum atomic E-state index is 13.0. The molecule has 0 spiro atoms. The summed E-state index contributed by atoms with van der Waals surface area (Å²) in [6.45, 7) is 2.38. The topological polar surface area (TPSA) is 145 Å². The lowest BCUT2D eigenvalue weighted by Crippen LogP contribution is -2.37. The average Bonchev–Trinajstić information content (AvgIpc) is 3.02. The van der Waals surface area contributed by atoms with Crippen molar-refractivity contribution in [3.05, 3.63) is 86.8 Å². The summed E-state index contributed by atoms with van der Waals surface area (Å²) in [6.07, 6.45) is 0.765. The zero-order valence-corrected chi connectivity index (χ0v) is 25.4. The Morgan fingerprint density at radius 2 is 1.82 bits per heavy atom. The fourth-order valence-corrected chi connectivity index (χ4v) is 5.31. The number of aromatic amines is 1. The second kappa shape index (κ2) is 15.3. The fraction of sp³-hybridized carbons (Fsp3) is 0.344. The molecule has 12 heteroatoms. The molecule has 1 aliphatic heterocycles. The van der Waals surface area contributed by atoms with Crippen molar-refractivity contribution in [3.8, 4) is 5.75 Å². The Bertz CT molecular complexity index is 1650. The van der Waals surface area contributed by atoms with Gasteiger partial charge < -0.3 is 29.2 Å². The van der Waals surface area contributed by atoms with E-state index in [0.29, 0.717) is 40.8 Å². The van der Waals surface area contributed by atoms with E-state index < -0.39 is 23.8 Å². The molecule has 0 bridgehead atoms. The number of methoxy groups -OCH3 is 2. The molecule has 0 fully saturated rings. The van der Waals surface area contributed by atoms with Crippen LogP contribution in [0.2, 0.25) is 5.02 Å². The lowest BCUT2D eigenvalue weighted by molar-refractivity contribution is -0.143. The number of amides is 1. The third kappa shape index (κ3) is 7.91. The maximum absolute atomic E-state index is 13.0. The first-order valence-corrected chi connectivity index (χ1v) is 14.4. The molecule has 0 radical (unpaired) electrons. The Hall–Kier alpha value is -4.48. The van der Waals surface area contributed by atoms with Crippen LogP contribution in [0.1, 0.15) is 31.2 Å². The Kier molecular flexibility index (Phi) is 11.3. The number of aliphatic imine (C=N–C) groups is 1. The molecule has 2 heterocycles. The summed E-state index contributed by atoms with van der Waals surface area (Å²) >= 11 is 6.50. The maximum Gasteiger partial charge on any atom is 0.336 e. The van der Waals surface area contributed by atoms with Gasteiger partial charge in [0.15, 0.2) is 0 Å². The lowest BCUT2D eigenvalue weighted by atomic mass is 9.75. The van der Waals surface area contributed by atoms with E-state index in [1.165, 1.54) is 20.3 Å². The van der Waals surface area contributed by atoms with E-state index in [2.05, 4.69) is 15.3 Å². The standard InChI is InChI=1S/C32H34ClN3O8/c1-19-28(31(39)41-2)29(22-7-4-5-8-23(22)33)30(32(40)42-3)25(35-19)18-43-16-14-34-26(37)9-6-15-44-21-11-12-24-20(17-21)10-13-27(38)36-24/h4-5,7-8,10-13,17,28-29H,6,9,14-16,18H2,1-3H3,(H,34,37)(H,36,38). The van der Waals surface area contributed by atoms with Crippen LogP contribution in [0.3, 0.4) is 0 Å². The molecule has 2 N–H and O–H groups in total. The van der Waals surface area contributed by atoms with Crippen LogP contribution in [-0.4, -0.2) is 69.1 Å². The zero-order valence-electron chi connectivity index (χ0n) is 24.7. The molecule has 0 saturated heterocycles. The third-order valence-corrected chi connectivity index (χ3v) is 7.48. The minimum atomic E-state index is -0.882. The van der Waals surface area contributed by atoms with Gasteiger partial charge in [0.2, 0.25) is 11.5 Å². The first-order chi connectivity index (χ1) is 21.2. The molecule has 0 saturated carbocycles. The molecule has 1 aliphatic rings. The number of carbonyl (C=O) groups excluding carboxylic acids is 3. The highest BCUT2D eigenvalue weighted by molar-refractivity contribution is 6.31. The summed E-state index contributed by atoms with van der Waals surface area (Å²) in [5, 5.41) is 4.03. The first kappa shape index (κ1) is 32.4. The van der Waals surface area contributed by atoms with Crippen molar-refractivity contribution in [2.75, 3.05) is 40.6 Å². The quantitative estimate of drug-likeness (QED) is 0.215. The number of benzene rings is 2. The summed E-state index contributed by atoms with van der Waals surface area (Å²) in [4.78, 5) is 56.8. The van der Waals surface area contributed by atoms with Crippen molar-refractivity contribution in [2.24, 2.45) is 10.9 Å². The van der Waals surface area contributed by atoms with Gasteiger partial charge in [-0.1, -0.05) is 29.8 Å². The Morgan fingerprint density at radius 3 is 2.57 bits per heavy atom. The normalized spacial score (nSPS) is 16.3. The van der Waals surface area contributed by atoms with Gasteiger partial charge in [-0.3, -0.25) is 19.4 Å². The van der Waals surface area contributed by atoms with E-state index in [0.717, 1.165) is 10.9 Å². The monoisotopic (exact) mass is 623 g/mol. The molecule has 11 nitrogen and oxygen atoms in total. The van der Waals surface area contributed by atoms with E-state index in [1.54, 1.807) is 49.4 Å². The van der Waals surface area contributed by atoms with Crippen LogP contribution < -0.4 is 15.6 Å². The molecule has 232 valence electrons. The van der Waals surface area contributed by atoms with Crippen LogP contribution in [0.4, 0.5) is 0 Å². The molecule has 44 heavy (non-hydrogen) atoms. The van der Waals surface area contributed by atoms with Crippen LogP contribution >= 0.6 is 11.6 Å².